The Bertz CT molecular complexity index is 1270. The number of aromatic carboxylic acids is 1. The number of carbonyl (C=O) groups is 2. The molecule has 7 heteroatoms. The topological polar surface area (TPSA) is 69.6 Å². The first kappa shape index (κ1) is 22.4. The molecule has 1 aliphatic carbocycles. The summed E-state index contributed by atoms with van der Waals surface area (Å²) in [6, 6.07) is 16.3. The predicted molar refractivity (Wildman–Crippen MR) is 129 cm³/mol. The molecule has 1 fully saturated rings. The summed E-state index contributed by atoms with van der Waals surface area (Å²) in [7, 11) is 0. The molecule has 5 nitrogen and oxygen atoms in total. The number of carboxylic acids is 1. The molecule has 0 saturated heterocycles. The predicted octanol–water partition coefficient (Wildman–Crippen LogP) is 5.72. The highest BCUT2D eigenvalue weighted by molar-refractivity contribution is 6.31. The third-order valence-corrected chi connectivity index (χ3v) is 7.06. The Morgan fingerprint density at radius 1 is 1.12 bits per heavy atom. The van der Waals surface area contributed by atoms with Crippen LogP contribution in [0.5, 0.6) is 0 Å². The van der Waals surface area contributed by atoms with Crippen molar-refractivity contribution in [2.24, 2.45) is 0 Å². The molecule has 0 unspecified atom stereocenters. The fourth-order valence-corrected chi connectivity index (χ4v) is 5.06. The molecule has 5 rings (SSSR count). The third kappa shape index (κ3) is 4.14. The van der Waals surface area contributed by atoms with Crippen LogP contribution in [0.1, 0.15) is 63.2 Å². The Morgan fingerprint density at radius 2 is 1.79 bits per heavy atom. The van der Waals surface area contributed by atoms with Gasteiger partial charge in [-0.15, -0.1) is 0 Å². The van der Waals surface area contributed by atoms with Crippen LogP contribution in [-0.4, -0.2) is 23.5 Å². The second-order valence-electron chi connectivity index (χ2n) is 9.23. The first-order chi connectivity index (χ1) is 16.3. The van der Waals surface area contributed by atoms with Crippen LogP contribution in [0.25, 0.3) is 0 Å². The molecule has 0 aromatic heterocycles. The summed E-state index contributed by atoms with van der Waals surface area (Å²) in [6.45, 7) is 3.23. The maximum atomic E-state index is 13.4. The highest BCUT2D eigenvalue weighted by atomic mass is 35.5. The number of benzene rings is 3. The molecule has 2 aliphatic rings. The van der Waals surface area contributed by atoms with Crippen LogP contribution < -0.4 is 10.2 Å². The standard InChI is InChI=1S/C27H24ClFN2O3/c1-16(18-4-6-19(7-5-18)26(33)34)30-25(32)22-12-20(28)13-23-24(22)31(15-27(23)10-11-27)14-17-2-8-21(29)9-3-17/h2-9,12-13,16H,10-11,14-15H2,1H3,(H,30,32)(H,33,34)/t16-/m0/s1. The number of amides is 1. The minimum atomic E-state index is -0.993. The summed E-state index contributed by atoms with van der Waals surface area (Å²) >= 11 is 6.46. The number of anilines is 1. The molecule has 1 saturated carbocycles. The number of nitrogens with one attached hydrogen (secondary N) is 1. The molecule has 1 heterocycles. The van der Waals surface area contributed by atoms with Gasteiger partial charge < -0.3 is 15.3 Å². The lowest BCUT2D eigenvalue weighted by Gasteiger charge is -2.23. The van der Waals surface area contributed by atoms with Crippen molar-refractivity contribution in [2.45, 2.75) is 37.8 Å². The number of halogens is 2. The number of rotatable bonds is 6. The minimum Gasteiger partial charge on any atom is -0.478 e. The SMILES string of the molecule is C[C@H](NC(=O)c1cc(Cl)cc2c1N(Cc1ccc(F)cc1)CC21CC1)c1ccc(C(=O)O)cc1. The summed E-state index contributed by atoms with van der Waals surface area (Å²) in [5.74, 6) is -1.51. The van der Waals surface area contributed by atoms with E-state index < -0.39 is 5.97 Å². The van der Waals surface area contributed by atoms with E-state index in [1.807, 2.05) is 13.0 Å². The van der Waals surface area contributed by atoms with Gasteiger partial charge >= 0.3 is 5.97 Å². The smallest absolute Gasteiger partial charge is 0.335 e. The first-order valence-electron chi connectivity index (χ1n) is 11.2. The average molecular weight is 479 g/mol. The van der Waals surface area contributed by atoms with Gasteiger partial charge in [-0.3, -0.25) is 4.79 Å². The van der Waals surface area contributed by atoms with Crippen LogP contribution in [-0.2, 0) is 12.0 Å². The zero-order valence-electron chi connectivity index (χ0n) is 18.6. The number of hydrogen-bond donors (Lipinski definition) is 2. The fourth-order valence-electron chi connectivity index (χ4n) is 4.84. The van der Waals surface area contributed by atoms with E-state index >= 15 is 0 Å². The van der Waals surface area contributed by atoms with Crippen molar-refractivity contribution >= 4 is 29.2 Å². The van der Waals surface area contributed by atoms with Gasteiger partial charge in [0.05, 0.1) is 22.9 Å². The van der Waals surface area contributed by atoms with Gasteiger partial charge in [0.1, 0.15) is 5.82 Å². The Labute approximate surface area is 202 Å². The lowest BCUT2D eigenvalue weighted by Crippen LogP contribution is -2.29. The monoisotopic (exact) mass is 478 g/mol. The molecule has 3 aromatic carbocycles. The van der Waals surface area contributed by atoms with Gasteiger partial charge in [0.2, 0.25) is 0 Å². The van der Waals surface area contributed by atoms with E-state index in [-0.39, 0.29) is 28.7 Å². The van der Waals surface area contributed by atoms with Crippen LogP contribution in [0.4, 0.5) is 10.1 Å². The molecule has 2 N–H and O–H groups in total. The van der Waals surface area contributed by atoms with Crippen molar-refractivity contribution in [3.8, 4) is 0 Å². The molecule has 174 valence electrons. The second kappa shape index (κ2) is 8.44. The first-order valence-corrected chi connectivity index (χ1v) is 11.6. The zero-order valence-corrected chi connectivity index (χ0v) is 19.4. The molecular formula is C27H24ClFN2O3. The summed E-state index contributed by atoms with van der Waals surface area (Å²) < 4.78 is 13.4. The van der Waals surface area contributed by atoms with Crippen LogP contribution >= 0.6 is 11.6 Å². The van der Waals surface area contributed by atoms with Gasteiger partial charge in [-0.2, -0.15) is 0 Å². The lowest BCUT2D eigenvalue weighted by atomic mass is 9.96. The molecule has 1 aliphatic heterocycles. The third-order valence-electron chi connectivity index (χ3n) is 6.85. The number of carbonyl (C=O) groups excluding carboxylic acids is 1. The maximum Gasteiger partial charge on any atom is 0.335 e. The molecule has 0 bridgehead atoms. The van der Waals surface area contributed by atoms with Crippen LogP contribution in [0.2, 0.25) is 5.02 Å². The number of hydrogen-bond acceptors (Lipinski definition) is 3. The summed E-state index contributed by atoms with van der Waals surface area (Å²) in [5.41, 5.74) is 4.50. The Morgan fingerprint density at radius 3 is 2.41 bits per heavy atom. The van der Waals surface area contributed by atoms with E-state index in [1.54, 1.807) is 30.3 Å². The molecule has 1 atom stereocenters. The minimum absolute atomic E-state index is 0.0214. The highest BCUT2D eigenvalue weighted by Gasteiger charge is 2.52. The molecule has 1 amide bonds. The van der Waals surface area contributed by atoms with Crippen LogP contribution in [0.3, 0.4) is 0 Å². The highest BCUT2D eigenvalue weighted by Crippen LogP contribution is 2.58. The summed E-state index contributed by atoms with van der Waals surface area (Å²) in [6.07, 6.45) is 2.10. The van der Waals surface area contributed by atoms with Crippen LogP contribution in [0.15, 0.2) is 60.7 Å². The molecule has 3 aromatic rings. The van der Waals surface area contributed by atoms with Gasteiger partial charge in [-0.1, -0.05) is 35.9 Å². The van der Waals surface area contributed by atoms with E-state index in [0.29, 0.717) is 17.1 Å². The van der Waals surface area contributed by atoms with Crippen molar-refractivity contribution in [3.05, 3.63) is 99.3 Å². The molecule has 0 radical (unpaired) electrons. The number of nitrogens with zero attached hydrogens (tertiary/aromatic N) is 1. The van der Waals surface area contributed by atoms with Gasteiger partial charge in [0, 0.05) is 23.5 Å². The Hall–Kier alpha value is -3.38. The maximum absolute atomic E-state index is 13.4. The van der Waals surface area contributed by atoms with Crippen molar-refractivity contribution < 1.29 is 19.1 Å². The quantitative estimate of drug-likeness (QED) is 0.475. The van der Waals surface area contributed by atoms with Crippen molar-refractivity contribution in [1.29, 1.82) is 0 Å². The Balaban J connectivity index is 1.44. The van der Waals surface area contributed by atoms with E-state index in [9.17, 15) is 14.0 Å². The van der Waals surface area contributed by atoms with Gasteiger partial charge in [0.15, 0.2) is 0 Å². The lowest BCUT2D eigenvalue weighted by molar-refractivity contribution is 0.0696. The largest absolute Gasteiger partial charge is 0.478 e. The second-order valence-corrected chi connectivity index (χ2v) is 9.67. The molecule has 34 heavy (non-hydrogen) atoms. The molecular weight excluding hydrogens is 455 g/mol. The van der Waals surface area contributed by atoms with Crippen molar-refractivity contribution in [2.75, 3.05) is 11.4 Å². The van der Waals surface area contributed by atoms with E-state index in [2.05, 4.69) is 10.2 Å². The molecule has 1 spiro atoms. The number of carboxylic acid groups (broad SMARTS) is 1. The summed E-state index contributed by atoms with van der Waals surface area (Å²) in [5, 5.41) is 12.7. The van der Waals surface area contributed by atoms with Crippen molar-refractivity contribution in [1.82, 2.24) is 5.32 Å². The van der Waals surface area contributed by atoms with E-state index in [0.717, 1.165) is 41.8 Å². The normalized spacial score (nSPS) is 16.3. The zero-order chi connectivity index (χ0) is 24.0. The number of fused-ring (bicyclic) bond motifs is 2. The van der Waals surface area contributed by atoms with E-state index in [1.165, 1.54) is 24.3 Å². The van der Waals surface area contributed by atoms with E-state index in [4.69, 9.17) is 16.7 Å². The van der Waals surface area contributed by atoms with Crippen molar-refractivity contribution in [3.63, 3.8) is 0 Å². The Kier molecular flexibility index (Phi) is 5.56. The summed E-state index contributed by atoms with van der Waals surface area (Å²) in [4.78, 5) is 26.8. The van der Waals surface area contributed by atoms with Gasteiger partial charge in [-0.05, 0) is 72.9 Å². The van der Waals surface area contributed by atoms with Gasteiger partial charge in [0.25, 0.3) is 5.91 Å². The van der Waals surface area contributed by atoms with Crippen LogP contribution in [0, 0.1) is 5.82 Å². The fraction of sp³-hybridized carbons (Fsp3) is 0.259. The van der Waals surface area contributed by atoms with Gasteiger partial charge in [-0.25, -0.2) is 9.18 Å². The average Bonchev–Trinajstić information content (AvgIpc) is 3.53.